The molecule has 1 aromatic rings. The molecule has 0 saturated heterocycles. The third-order valence-corrected chi connectivity index (χ3v) is 8.25. The summed E-state index contributed by atoms with van der Waals surface area (Å²) in [6.07, 6.45) is 38.6. The van der Waals surface area contributed by atoms with Crippen LogP contribution in [0.3, 0.4) is 0 Å². The van der Waals surface area contributed by atoms with Crippen LogP contribution in [0.2, 0.25) is 0 Å². The Labute approximate surface area is 263 Å². The highest BCUT2D eigenvalue weighted by Gasteiger charge is 2.12. The van der Waals surface area contributed by atoms with Gasteiger partial charge in [0.05, 0.1) is 0 Å². The van der Waals surface area contributed by atoms with Crippen LogP contribution in [0.4, 0.5) is 0 Å². The molecule has 0 aliphatic heterocycles. The van der Waals surface area contributed by atoms with Crippen molar-refractivity contribution >= 4 is 0 Å². The number of aryl methyl sites for hydroxylation is 1. The fourth-order valence-corrected chi connectivity index (χ4v) is 5.52. The Morgan fingerprint density at radius 1 is 0.488 bits per heavy atom. The molecule has 1 nitrogen and oxygen atoms in total. The summed E-state index contributed by atoms with van der Waals surface area (Å²) < 4.78 is 2.16. The Bertz CT molecular complexity index is 745. The van der Waals surface area contributed by atoms with Gasteiger partial charge in [0.25, 0.3) is 0 Å². The Morgan fingerprint density at radius 3 is 1.17 bits per heavy atom. The standard InChI is InChI=1S/C39H66N.ClH/c1-4-6-8-10-12-14-16-18-20-22-24-26-28-30-32-38(39-34-36-40(3)37-35-39)33-31-29-27-25-23-21-19-17-15-13-11-9-7-5-2;/h34-38H,4-13,18-33H2,1-3H3;1H/q+1;/p-1. The molecule has 0 amide bonds. The lowest BCUT2D eigenvalue weighted by Gasteiger charge is -2.17. The van der Waals surface area contributed by atoms with Crippen molar-refractivity contribution in [3.63, 3.8) is 0 Å². The third kappa shape index (κ3) is 26.0. The Morgan fingerprint density at radius 2 is 0.805 bits per heavy atom. The van der Waals surface area contributed by atoms with Crippen molar-refractivity contribution in [2.45, 2.75) is 187 Å². The second-order valence-corrected chi connectivity index (χ2v) is 12.1. The van der Waals surface area contributed by atoms with Crippen LogP contribution in [-0.2, 0) is 7.05 Å². The van der Waals surface area contributed by atoms with E-state index in [1.165, 1.54) is 141 Å². The fourth-order valence-electron chi connectivity index (χ4n) is 5.52. The summed E-state index contributed by atoms with van der Waals surface area (Å²) in [5, 5.41) is 0. The fraction of sp³-hybridized carbons (Fsp3) is 0.769. The molecule has 0 fully saturated rings. The first kappa shape index (κ1) is 39.6. The minimum atomic E-state index is 0. The first-order chi connectivity index (χ1) is 19.8. The number of pyridine rings is 1. The highest BCUT2D eigenvalue weighted by Crippen LogP contribution is 2.28. The maximum atomic E-state index is 3.40. The normalized spacial score (nSPS) is 10.5. The molecule has 0 N–H and O–H groups in total. The van der Waals surface area contributed by atoms with Gasteiger partial charge in [-0.25, -0.2) is 4.57 Å². The number of hydrogen-bond donors (Lipinski definition) is 0. The lowest BCUT2D eigenvalue weighted by molar-refractivity contribution is -0.671. The smallest absolute Gasteiger partial charge is 0.168 e. The van der Waals surface area contributed by atoms with Crippen molar-refractivity contribution in [1.82, 2.24) is 0 Å². The molecule has 0 radical (unpaired) electrons. The van der Waals surface area contributed by atoms with Crippen molar-refractivity contribution in [2.75, 3.05) is 0 Å². The number of halogens is 1. The molecule has 234 valence electrons. The summed E-state index contributed by atoms with van der Waals surface area (Å²) in [4.78, 5) is 0. The van der Waals surface area contributed by atoms with E-state index in [1.807, 2.05) is 0 Å². The van der Waals surface area contributed by atoms with Crippen molar-refractivity contribution in [1.29, 1.82) is 0 Å². The maximum absolute atomic E-state index is 3.40. The average Bonchev–Trinajstić information content (AvgIpc) is 2.97. The monoisotopic (exact) mass is 583 g/mol. The molecule has 0 spiro atoms. The SMILES string of the molecule is CCCCCCC#CCCCCCCCCC(CCCCCCCCC#CCCCCCC)c1cc[n+](C)cc1.[Cl-]. The Hall–Kier alpha value is -1.44. The van der Waals surface area contributed by atoms with Crippen molar-refractivity contribution < 1.29 is 17.0 Å². The largest absolute Gasteiger partial charge is 1.00 e. The summed E-state index contributed by atoms with van der Waals surface area (Å²) >= 11 is 0. The van der Waals surface area contributed by atoms with Gasteiger partial charge in [-0.3, -0.25) is 0 Å². The van der Waals surface area contributed by atoms with E-state index >= 15 is 0 Å². The van der Waals surface area contributed by atoms with Crippen molar-refractivity contribution in [3.8, 4) is 23.7 Å². The van der Waals surface area contributed by atoms with E-state index in [1.54, 1.807) is 5.56 Å². The second kappa shape index (κ2) is 31.5. The molecule has 0 saturated carbocycles. The molecule has 0 aliphatic carbocycles. The van der Waals surface area contributed by atoms with E-state index in [4.69, 9.17) is 0 Å². The van der Waals surface area contributed by atoms with Gasteiger partial charge >= 0.3 is 0 Å². The lowest BCUT2D eigenvalue weighted by atomic mass is 9.88. The van der Waals surface area contributed by atoms with E-state index in [-0.39, 0.29) is 12.4 Å². The van der Waals surface area contributed by atoms with Crippen molar-refractivity contribution in [3.05, 3.63) is 30.1 Å². The van der Waals surface area contributed by atoms with Gasteiger partial charge in [-0.15, -0.1) is 23.7 Å². The topological polar surface area (TPSA) is 3.88 Å². The highest BCUT2D eigenvalue weighted by molar-refractivity contribution is 5.13. The summed E-state index contributed by atoms with van der Waals surface area (Å²) in [5.41, 5.74) is 1.56. The van der Waals surface area contributed by atoms with Crippen LogP contribution in [0.1, 0.15) is 192 Å². The number of unbranched alkanes of at least 4 members (excludes halogenated alkanes) is 20. The highest BCUT2D eigenvalue weighted by atomic mass is 35.5. The maximum Gasteiger partial charge on any atom is 0.168 e. The molecule has 41 heavy (non-hydrogen) atoms. The first-order valence-electron chi connectivity index (χ1n) is 17.6. The van der Waals surface area contributed by atoms with E-state index in [0.717, 1.165) is 31.6 Å². The van der Waals surface area contributed by atoms with Crippen LogP contribution in [0, 0.1) is 23.7 Å². The third-order valence-electron chi connectivity index (χ3n) is 8.25. The minimum Gasteiger partial charge on any atom is -1.00 e. The summed E-state index contributed by atoms with van der Waals surface area (Å²) in [6, 6.07) is 4.72. The van der Waals surface area contributed by atoms with Gasteiger partial charge in [0.15, 0.2) is 12.4 Å². The molecule has 1 heterocycles. The van der Waals surface area contributed by atoms with Gasteiger partial charge in [-0.05, 0) is 50.0 Å². The van der Waals surface area contributed by atoms with Crippen LogP contribution in [0.15, 0.2) is 24.5 Å². The summed E-state index contributed by atoms with van der Waals surface area (Å²) in [5.74, 6) is 14.3. The number of rotatable bonds is 25. The molecule has 1 aromatic heterocycles. The number of nitrogens with zero attached hydrogens (tertiary/aromatic N) is 1. The Kier molecular flexibility index (Phi) is 30.4. The van der Waals surface area contributed by atoms with Gasteiger partial charge < -0.3 is 12.4 Å². The van der Waals surface area contributed by atoms with E-state index < -0.39 is 0 Å². The molecule has 0 atom stereocenters. The van der Waals surface area contributed by atoms with Crippen LogP contribution < -0.4 is 17.0 Å². The molecular weight excluding hydrogens is 518 g/mol. The van der Waals surface area contributed by atoms with Gasteiger partial charge in [0.1, 0.15) is 7.05 Å². The van der Waals surface area contributed by atoms with E-state index in [9.17, 15) is 0 Å². The molecule has 0 aromatic carbocycles. The zero-order valence-corrected chi connectivity index (χ0v) is 28.4. The quantitative estimate of drug-likeness (QED) is 0.0615. The van der Waals surface area contributed by atoms with Gasteiger partial charge in [0, 0.05) is 37.8 Å². The van der Waals surface area contributed by atoms with Gasteiger partial charge in [-0.1, -0.05) is 117 Å². The van der Waals surface area contributed by atoms with Crippen LogP contribution in [-0.4, -0.2) is 0 Å². The van der Waals surface area contributed by atoms with Crippen LogP contribution >= 0.6 is 0 Å². The lowest BCUT2D eigenvalue weighted by Crippen LogP contribution is -3.00. The molecule has 0 unspecified atom stereocenters. The minimum absolute atomic E-state index is 0. The Balaban J connectivity index is 0.0000160. The van der Waals surface area contributed by atoms with Crippen LogP contribution in [0.25, 0.3) is 0 Å². The predicted octanol–water partition coefficient (Wildman–Crippen LogP) is 8.79. The molecule has 0 bridgehead atoms. The zero-order valence-electron chi connectivity index (χ0n) is 27.6. The predicted molar refractivity (Wildman–Crippen MR) is 177 cm³/mol. The molecule has 2 heteroatoms. The van der Waals surface area contributed by atoms with Crippen molar-refractivity contribution in [2.24, 2.45) is 7.05 Å². The second-order valence-electron chi connectivity index (χ2n) is 12.1. The van der Waals surface area contributed by atoms with Crippen LogP contribution in [0.5, 0.6) is 0 Å². The van der Waals surface area contributed by atoms with E-state index in [0.29, 0.717) is 0 Å². The molecule has 1 rings (SSSR count). The average molecular weight is 584 g/mol. The number of hydrogen-bond acceptors (Lipinski definition) is 0. The first-order valence-corrected chi connectivity index (χ1v) is 17.6. The molecular formula is C39H66ClN. The van der Waals surface area contributed by atoms with Gasteiger partial charge in [-0.2, -0.15) is 0 Å². The van der Waals surface area contributed by atoms with Gasteiger partial charge in [0.2, 0.25) is 0 Å². The molecule has 0 aliphatic rings. The van der Waals surface area contributed by atoms with E-state index in [2.05, 4.69) is 73.7 Å². The number of aromatic nitrogens is 1. The zero-order chi connectivity index (χ0) is 28.8. The summed E-state index contributed by atoms with van der Waals surface area (Å²) in [7, 11) is 2.12. The summed E-state index contributed by atoms with van der Waals surface area (Å²) in [6.45, 7) is 4.54.